The summed E-state index contributed by atoms with van der Waals surface area (Å²) in [5.41, 5.74) is 0.0224. The van der Waals surface area contributed by atoms with Crippen molar-refractivity contribution in [1.29, 1.82) is 0 Å². The molecule has 3 rings (SSSR count). The first-order valence-electron chi connectivity index (χ1n) is 8.89. The van der Waals surface area contributed by atoms with E-state index in [0.717, 1.165) is 34.6 Å². The molecule has 2 fully saturated rings. The molecule has 1 aliphatic carbocycles. The average molecular weight is 376 g/mol. The normalized spacial score (nSPS) is 25.5. The van der Waals surface area contributed by atoms with Crippen molar-refractivity contribution >= 4 is 29.7 Å². The van der Waals surface area contributed by atoms with E-state index in [4.69, 9.17) is 4.74 Å². The number of amides is 3. The van der Waals surface area contributed by atoms with Crippen LogP contribution in [0.2, 0.25) is 0 Å². The van der Waals surface area contributed by atoms with Gasteiger partial charge >= 0.3 is 12.0 Å². The molecule has 1 spiro atoms. The number of ether oxygens (including phenoxy) is 1. The average Bonchev–Trinajstić information content (AvgIpc) is 2.88. The highest BCUT2D eigenvalue weighted by Crippen LogP contribution is 2.38. The van der Waals surface area contributed by atoms with Crippen molar-refractivity contribution in [2.24, 2.45) is 5.92 Å². The minimum absolute atomic E-state index is 0.0728. The van der Waals surface area contributed by atoms with Gasteiger partial charge in [0, 0.05) is 4.90 Å². The zero-order valence-electron chi connectivity index (χ0n) is 15.1. The van der Waals surface area contributed by atoms with Crippen LogP contribution in [0.25, 0.3) is 0 Å². The summed E-state index contributed by atoms with van der Waals surface area (Å²) in [6.07, 6.45) is 5.49. The highest BCUT2D eigenvalue weighted by molar-refractivity contribution is 7.98. The van der Waals surface area contributed by atoms with Crippen LogP contribution < -0.4 is 5.32 Å². The van der Waals surface area contributed by atoms with Crippen molar-refractivity contribution in [2.45, 2.75) is 49.6 Å². The third kappa shape index (κ3) is 3.58. The molecule has 6 nitrogen and oxygen atoms in total. The lowest BCUT2D eigenvalue weighted by molar-refractivity contribution is -0.149. The number of thioether (sulfide) groups is 1. The number of rotatable bonds is 5. The van der Waals surface area contributed by atoms with Gasteiger partial charge in [-0.2, -0.15) is 0 Å². The summed E-state index contributed by atoms with van der Waals surface area (Å²) in [5.74, 6) is -0.803. The quantitative estimate of drug-likeness (QED) is 0.486. The zero-order chi connectivity index (χ0) is 18.7. The topological polar surface area (TPSA) is 75.7 Å². The Hall–Kier alpha value is -2.02. The molecule has 0 unspecified atom stereocenters. The van der Waals surface area contributed by atoms with Gasteiger partial charge in [-0.15, -0.1) is 11.8 Å². The van der Waals surface area contributed by atoms with Crippen molar-refractivity contribution in [1.82, 2.24) is 10.2 Å². The molecule has 0 radical (unpaired) electrons. The van der Waals surface area contributed by atoms with E-state index in [-0.39, 0.29) is 25.0 Å². The Kier molecular flexibility index (Phi) is 5.55. The fourth-order valence-corrected chi connectivity index (χ4v) is 4.11. The molecule has 2 aliphatic rings. The summed E-state index contributed by atoms with van der Waals surface area (Å²) in [5, 5.41) is 2.84. The molecular weight excluding hydrogens is 352 g/mol. The van der Waals surface area contributed by atoms with Crippen LogP contribution in [0.15, 0.2) is 29.2 Å². The fourth-order valence-electron chi connectivity index (χ4n) is 3.70. The molecule has 1 aliphatic heterocycles. The fraction of sp³-hybridized carbons (Fsp3) is 0.526. The maximum Gasteiger partial charge on any atom is 0.326 e. The standard InChI is InChI=1S/C19H24N2O4S/c1-13-5-3-4-10-19(13)17(23)21(18(24)20-19)11-16(22)25-12-14-6-8-15(26-2)9-7-14/h6-9,13H,3-5,10-12H2,1-2H3,(H,20,24)/t13-,19+/m1/s1. The molecule has 3 amide bonds. The monoisotopic (exact) mass is 376 g/mol. The third-order valence-electron chi connectivity index (χ3n) is 5.35. The molecule has 1 aromatic carbocycles. The van der Waals surface area contributed by atoms with Crippen LogP contribution in [-0.4, -0.2) is 41.1 Å². The highest BCUT2D eigenvalue weighted by Gasteiger charge is 2.55. The first kappa shape index (κ1) is 18.8. The summed E-state index contributed by atoms with van der Waals surface area (Å²) >= 11 is 1.64. The van der Waals surface area contributed by atoms with Crippen LogP contribution >= 0.6 is 11.8 Å². The molecule has 1 aromatic rings. The van der Waals surface area contributed by atoms with E-state index >= 15 is 0 Å². The van der Waals surface area contributed by atoms with E-state index < -0.39 is 17.5 Å². The van der Waals surface area contributed by atoms with Gasteiger partial charge in [0.05, 0.1) is 0 Å². The molecule has 140 valence electrons. The molecule has 26 heavy (non-hydrogen) atoms. The van der Waals surface area contributed by atoms with Gasteiger partial charge in [-0.3, -0.25) is 14.5 Å². The van der Waals surface area contributed by atoms with Gasteiger partial charge in [0.15, 0.2) is 0 Å². The van der Waals surface area contributed by atoms with Gasteiger partial charge in [-0.1, -0.05) is 31.9 Å². The number of urea groups is 1. The molecule has 1 heterocycles. The number of imide groups is 1. The van der Waals surface area contributed by atoms with E-state index in [9.17, 15) is 14.4 Å². The van der Waals surface area contributed by atoms with Gasteiger partial charge in [-0.25, -0.2) is 4.79 Å². The summed E-state index contributed by atoms with van der Waals surface area (Å²) in [6, 6.07) is 7.21. The molecule has 7 heteroatoms. The smallest absolute Gasteiger partial charge is 0.326 e. The van der Waals surface area contributed by atoms with E-state index in [1.165, 1.54) is 0 Å². The third-order valence-corrected chi connectivity index (χ3v) is 6.09. The van der Waals surface area contributed by atoms with Crippen LogP contribution in [0.1, 0.15) is 38.2 Å². The second-order valence-corrected chi connectivity index (χ2v) is 7.83. The molecule has 1 saturated heterocycles. The van der Waals surface area contributed by atoms with Crippen molar-refractivity contribution in [2.75, 3.05) is 12.8 Å². The van der Waals surface area contributed by atoms with Gasteiger partial charge in [0.1, 0.15) is 18.7 Å². The Morgan fingerprint density at radius 1 is 1.31 bits per heavy atom. The minimum atomic E-state index is -0.844. The summed E-state index contributed by atoms with van der Waals surface area (Å²) in [4.78, 5) is 39.4. The second kappa shape index (κ2) is 7.70. The van der Waals surface area contributed by atoms with Gasteiger partial charge in [-0.05, 0) is 42.7 Å². The number of hydrogen-bond donors (Lipinski definition) is 1. The van der Waals surface area contributed by atoms with Crippen LogP contribution in [0.5, 0.6) is 0 Å². The first-order chi connectivity index (χ1) is 12.5. The zero-order valence-corrected chi connectivity index (χ0v) is 15.9. The van der Waals surface area contributed by atoms with Gasteiger partial charge in [0.25, 0.3) is 5.91 Å². The van der Waals surface area contributed by atoms with Crippen molar-refractivity contribution in [3.05, 3.63) is 29.8 Å². The molecule has 1 N–H and O–H groups in total. The first-order valence-corrected chi connectivity index (χ1v) is 10.1. The number of carbonyl (C=O) groups excluding carboxylic acids is 3. The van der Waals surface area contributed by atoms with E-state index in [0.29, 0.717) is 6.42 Å². The number of nitrogens with zero attached hydrogens (tertiary/aromatic N) is 1. The molecule has 1 saturated carbocycles. The van der Waals surface area contributed by atoms with Crippen molar-refractivity contribution in [3.8, 4) is 0 Å². The second-order valence-electron chi connectivity index (χ2n) is 6.95. The summed E-state index contributed by atoms with van der Waals surface area (Å²) in [7, 11) is 0. The van der Waals surface area contributed by atoms with E-state index in [2.05, 4.69) is 5.32 Å². The summed E-state index contributed by atoms with van der Waals surface area (Å²) in [6.45, 7) is 1.76. The van der Waals surface area contributed by atoms with E-state index in [1.807, 2.05) is 37.4 Å². The Morgan fingerprint density at radius 2 is 2.04 bits per heavy atom. The Bertz CT molecular complexity index is 706. The Labute approximate surface area is 157 Å². The van der Waals surface area contributed by atoms with Crippen LogP contribution in [0, 0.1) is 5.92 Å². The number of carbonyl (C=O) groups is 3. The molecule has 0 aromatic heterocycles. The predicted octanol–water partition coefficient (Wildman–Crippen LogP) is 2.95. The predicted molar refractivity (Wildman–Crippen MR) is 98.6 cm³/mol. The lowest BCUT2D eigenvalue weighted by Gasteiger charge is -2.36. The SMILES string of the molecule is CSc1ccc(COC(=O)CN2C(=O)N[C@]3(CCCC[C@H]3C)C2=O)cc1. The largest absolute Gasteiger partial charge is 0.459 e. The molecular formula is C19H24N2O4S. The molecule has 2 atom stereocenters. The number of nitrogens with one attached hydrogen (secondary N) is 1. The van der Waals surface area contributed by atoms with Crippen molar-refractivity contribution in [3.63, 3.8) is 0 Å². The van der Waals surface area contributed by atoms with E-state index in [1.54, 1.807) is 11.8 Å². The Morgan fingerprint density at radius 3 is 2.69 bits per heavy atom. The Balaban J connectivity index is 1.58. The van der Waals surface area contributed by atoms with Crippen molar-refractivity contribution < 1.29 is 19.1 Å². The van der Waals surface area contributed by atoms with Crippen LogP contribution in [0.4, 0.5) is 4.79 Å². The lowest BCUT2D eigenvalue weighted by Crippen LogP contribution is -2.54. The lowest BCUT2D eigenvalue weighted by atomic mass is 9.73. The number of benzene rings is 1. The number of hydrogen-bond acceptors (Lipinski definition) is 5. The highest BCUT2D eigenvalue weighted by atomic mass is 32.2. The van der Waals surface area contributed by atoms with Crippen LogP contribution in [0.3, 0.4) is 0 Å². The van der Waals surface area contributed by atoms with Gasteiger partial charge in [0.2, 0.25) is 0 Å². The number of esters is 1. The maximum atomic E-state index is 12.8. The summed E-state index contributed by atoms with van der Waals surface area (Å²) < 4.78 is 5.24. The minimum Gasteiger partial charge on any atom is -0.459 e. The van der Waals surface area contributed by atoms with Crippen LogP contribution in [-0.2, 0) is 20.9 Å². The maximum absolute atomic E-state index is 12.8. The van der Waals surface area contributed by atoms with Gasteiger partial charge < -0.3 is 10.1 Å². The molecule has 0 bridgehead atoms.